The van der Waals surface area contributed by atoms with Crippen LogP contribution in [0.25, 0.3) is 0 Å². The average molecular weight is 443 g/mol. The number of aromatic nitrogens is 2. The van der Waals surface area contributed by atoms with Gasteiger partial charge in [0.25, 0.3) is 5.91 Å². The first kappa shape index (κ1) is 20.4. The van der Waals surface area contributed by atoms with Gasteiger partial charge < -0.3 is 10.2 Å². The van der Waals surface area contributed by atoms with Crippen molar-refractivity contribution in [2.45, 2.75) is 25.9 Å². The van der Waals surface area contributed by atoms with Crippen molar-refractivity contribution in [3.8, 4) is 0 Å². The molecule has 1 aliphatic rings. The predicted octanol–water partition coefficient (Wildman–Crippen LogP) is 4.61. The van der Waals surface area contributed by atoms with Gasteiger partial charge in [0, 0.05) is 31.1 Å². The molecule has 1 saturated heterocycles. The molecule has 0 saturated carbocycles. The van der Waals surface area contributed by atoms with Crippen LogP contribution in [0.2, 0.25) is 10.0 Å². The molecular formula is C22H20Cl2N4O2. The van der Waals surface area contributed by atoms with E-state index in [1.165, 1.54) is 0 Å². The van der Waals surface area contributed by atoms with Gasteiger partial charge in [0.05, 0.1) is 22.8 Å². The monoisotopic (exact) mass is 442 g/mol. The maximum atomic E-state index is 12.7. The molecule has 1 aliphatic heterocycles. The maximum absolute atomic E-state index is 12.7. The van der Waals surface area contributed by atoms with Crippen molar-refractivity contribution in [1.29, 1.82) is 0 Å². The molecule has 0 unspecified atom stereocenters. The number of carbonyl (C=O) groups is 2. The van der Waals surface area contributed by atoms with Gasteiger partial charge in [0.1, 0.15) is 5.82 Å². The van der Waals surface area contributed by atoms with Gasteiger partial charge in [-0.05, 0) is 35.7 Å². The summed E-state index contributed by atoms with van der Waals surface area (Å²) >= 11 is 12.3. The fraction of sp³-hybridized carbons (Fsp3) is 0.227. The molecule has 2 heterocycles. The lowest BCUT2D eigenvalue weighted by molar-refractivity contribution is -0.128. The molecule has 3 aromatic rings. The first-order valence-corrected chi connectivity index (χ1v) is 10.4. The van der Waals surface area contributed by atoms with E-state index in [9.17, 15) is 9.59 Å². The molecule has 8 heteroatoms. The van der Waals surface area contributed by atoms with Gasteiger partial charge in [0.2, 0.25) is 5.91 Å². The van der Waals surface area contributed by atoms with Crippen LogP contribution >= 0.6 is 23.2 Å². The molecule has 0 bridgehead atoms. The molecule has 1 N–H and O–H groups in total. The van der Waals surface area contributed by atoms with Crippen molar-refractivity contribution < 1.29 is 9.59 Å². The second-order valence-electron chi connectivity index (χ2n) is 7.16. The number of likely N-dealkylation sites (tertiary alicyclic amines) is 1. The van der Waals surface area contributed by atoms with Gasteiger partial charge in [-0.15, -0.1) is 0 Å². The number of rotatable bonds is 6. The molecule has 0 spiro atoms. The zero-order valence-electron chi connectivity index (χ0n) is 16.1. The van der Waals surface area contributed by atoms with E-state index in [0.717, 1.165) is 24.1 Å². The van der Waals surface area contributed by atoms with Crippen molar-refractivity contribution in [3.63, 3.8) is 0 Å². The summed E-state index contributed by atoms with van der Waals surface area (Å²) in [6.07, 6.45) is 3.15. The third-order valence-corrected chi connectivity index (χ3v) is 5.93. The van der Waals surface area contributed by atoms with Crippen LogP contribution in [0.4, 0.5) is 5.82 Å². The summed E-state index contributed by atoms with van der Waals surface area (Å²) in [6.45, 7) is 1.75. The molecular weight excluding hydrogens is 423 g/mol. The first-order chi connectivity index (χ1) is 14.5. The third-order valence-electron chi connectivity index (χ3n) is 5.07. The number of carbonyl (C=O) groups excluding carboxylic acids is 2. The summed E-state index contributed by atoms with van der Waals surface area (Å²) in [5, 5.41) is 8.10. The normalized spacial score (nSPS) is 13.7. The van der Waals surface area contributed by atoms with Crippen molar-refractivity contribution in [2.24, 2.45) is 0 Å². The highest BCUT2D eigenvalue weighted by molar-refractivity contribution is 6.42. The number of nitrogens with zero attached hydrogens (tertiary/aromatic N) is 3. The van der Waals surface area contributed by atoms with Gasteiger partial charge in [-0.3, -0.25) is 9.59 Å². The SMILES string of the molecule is O=C(Nc1ccnn1Cc1cccc(Cl)c1Cl)c1ccc(CN2CCCC2=O)cc1. The summed E-state index contributed by atoms with van der Waals surface area (Å²) < 4.78 is 1.66. The van der Waals surface area contributed by atoms with Gasteiger partial charge in [-0.25, -0.2) is 4.68 Å². The van der Waals surface area contributed by atoms with Crippen LogP contribution in [0.5, 0.6) is 0 Å². The van der Waals surface area contributed by atoms with E-state index >= 15 is 0 Å². The van der Waals surface area contributed by atoms with E-state index in [-0.39, 0.29) is 11.8 Å². The quantitative estimate of drug-likeness (QED) is 0.605. The van der Waals surface area contributed by atoms with Gasteiger partial charge in [0.15, 0.2) is 0 Å². The Bertz CT molecular complexity index is 1080. The van der Waals surface area contributed by atoms with Crippen molar-refractivity contribution in [3.05, 3.63) is 81.5 Å². The minimum absolute atomic E-state index is 0.185. The second-order valence-corrected chi connectivity index (χ2v) is 7.94. The Morgan fingerprint density at radius 3 is 2.60 bits per heavy atom. The van der Waals surface area contributed by atoms with Crippen LogP contribution in [-0.4, -0.2) is 33.0 Å². The van der Waals surface area contributed by atoms with Crippen molar-refractivity contribution >= 4 is 40.8 Å². The average Bonchev–Trinajstić information content (AvgIpc) is 3.35. The highest BCUT2D eigenvalue weighted by atomic mass is 35.5. The Morgan fingerprint density at radius 2 is 1.87 bits per heavy atom. The molecule has 6 nitrogen and oxygen atoms in total. The molecule has 0 atom stereocenters. The minimum Gasteiger partial charge on any atom is -0.338 e. The van der Waals surface area contributed by atoms with Crippen LogP contribution in [0, 0.1) is 0 Å². The number of hydrogen-bond donors (Lipinski definition) is 1. The molecule has 2 aromatic carbocycles. The van der Waals surface area contributed by atoms with Gasteiger partial charge in [-0.2, -0.15) is 5.10 Å². The highest BCUT2D eigenvalue weighted by Gasteiger charge is 2.20. The smallest absolute Gasteiger partial charge is 0.256 e. The molecule has 2 amide bonds. The predicted molar refractivity (Wildman–Crippen MR) is 117 cm³/mol. The molecule has 30 heavy (non-hydrogen) atoms. The van der Waals surface area contributed by atoms with Crippen molar-refractivity contribution in [1.82, 2.24) is 14.7 Å². The topological polar surface area (TPSA) is 67.2 Å². The lowest BCUT2D eigenvalue weighted by atomic mass is 10.1. The molecule has 154 valence electrons. The largest absolute Gasteiger partial charge is 0.338 e. The molecule has 0 aliphatic carbocycles. The Kier molecular flexibility index (Phi) is 6.06. The number of hydrogen-bond acceptors (Lipinski definition) is 3. The van der Waals surface area contributed by atoms with E-state index < -0.39 is 0 Å². The maximum Gasteiger partial charge on any atom is 0.256 e. The fourth-order valence-corrected chi connectivity index (χ4v) is 3.82. The molecule has 1 aromatic heterocycles. The van der Waals surface area contributed by atoms with Gasteiger partial charge >= 0.3 is 0 Å². The molecule has 1 fully saturated rings. The Labute approximate surface area is 184 Å². The van der Waals surface area contributed by atoms with Crippen molar-refractivity contribution in [2.75, 3.05) is 11.9 Å². The summed E-state index contributed by atoms with van der Waals surface area (Å²) in [4.78, 5) is 26.3. The second kappa shape index (κ2) is 8.90. The number of halogens is 2. The van der Waals surface area contributed by atoms with E-state index in [1.807, 2.05) is 29.2 Å². The van der Waals surface area contributed by atoms with E-state index in [0.29, 0.717) is 40.9 Å². The Morgan fingerprint density at radius 1 is 1.07 bits per heavy atom. The number of nitrogens with one attached hydrogen (secondary N) is 1. The summed E-state index contributed by atoms with van der Waals surface area (Å²) in [5.74, 6) is 0.505. The van der Waals surface area contributed by atoms with Crippen LogP contribution in [0.1, 0.15) is 34.3 Å². The molecule has 4 rings (SSSR count). The van der Waals surface area contributed by atoms with E-state index in [1.54, 1.807) is 35.1 Å². The Hall–Kier alpha value is -2.83. The van der Waals surface area contributed by atoms with E-state index in [2.05, 4.69) is 10.4 Å². The first-order valence-electron chi connectivity index (χ1n) is 9.64. The van der Waals surface area contributed by atoms with Crippen LogP contribution in [0.15, 0.2) is 54.7 Å². The Balaban J connectivity index is 1.42. The minimum atomic E-state index is -0.238. The third kappa shape index (κ3) is 4.50. The lowest BCUT2D eigenvalue weighted by Crippen LogP contribution is -2.23. The van der Waals surface area contributed by atoms with Crippen LogP contribution in [-0.2, 0) is 17.9 Å². The lowest BCUT2D eigenvalue weighted by Gasteiger charge is -2.15. The number of benzene rings is 2. The highest BCUT2D eigenvalue weighted by Crippen LogP contribution is 2.26. The summed E-state index contributed by atoms with van der Waals surface area (Å²) in [7, 11) is 0. The standard InChI is InChI=1S/C22H20Cl2N4O2/c23-18-4-1-3-17(21(18)24)14-28-19(10-11-25-28)26-22(30)16-8-6-15(7-9-16)13-27-12-2-5-20(27)29/h1,3-4,6-11H,2,5,12-14H2,(H,26,30). The number of anilines is 1. The van der Waals surface area contributed by atoms with Crippen LogP contribution in [0.3, 0.4) is 0 Å². The zero-order valence-corrected chi connectivity index (χ0v) is 17.7. The van der Waals surface area contributed by atoms with E-state index in [4.69, 9.17) is 23.2 Å². The van der Waals surface area contributed by atoms with Gasteiger partial charge in [-0.1, -0.05) is 47.5 Å². The molecule has 0 radical (unpaired) electrons. The number of amides is 2. The summed E-state index contributed by atoms with van der Waals surface area (Å²) in [6, 6.07) is 14.4. The fourth-order valence-electron chi connectivity index (χ4n) is 3.44. The zero-order chi connectivity index (χ0) is 21.1. The van der Waals surface area contributed by atoms with Crippen LogP contribution < -0.4 is 5.32 Å². The summed E-state index contributed by atoms with van der Waals surface area (Å²) in [5.41, 5.74) is 2.34.